The molecule has 2 aromatic heterocycles. The lowest BCUT2D eigenvalue weighted by Crippen LogP contribution is -2.12. The summed E-state index contributed by atoms with van der Waals surface area (Å²) in [5.41, 5.74) is 5.90. The molecule has 2 heterocycles. The molecule has 8 heteroatoms. The second-order valence-electron chi connectivity index (χ2n) is 3.03. The van der Waals surface area contributed by atoms with Gasteiger partial charge in [-0.1, -0.05) is 0 Å². The van der Waals surface area contributed by atoms with Gasteiger partial charge in [0.05, 0.1) is 16.4 Å². The van der Waals surface area contributed by atoms with Gasteiger partial charge in [-0.3, -0.25) is 4.57 Å². The molecule has 0 aliphatic carbocycles. The Labute approximate surface area is 103 Å². The predicted molar refractivity (Wildman–Crippen MR) is 64.3 cm³/mol. The highest BCUT2D eigenvalue weighted by Crippen LogP contribution is 2.30. The fourth-order valence-corrected chi connectivity index (χ4v) is 2.38. The van der Waals surface area contributed by atoms with Crippen molar-refractivity contribution in [2.45, 2.75) is 10.2 Å². The molecule has 0 radical (unpaired) electrons. The summed E-state index contributed by atoms with van der Waals surface area (Å²) in [7, 11) is 1.64. The number of rotatable bonds is 2. The molecule has 0 unspecified atom stereocenters. The first kappa shape index (κ1) is 11.2. The first-order valence-corrected chi connectivity index (χ1v) is 5.89. The van der Waals surface area contributed by atoms with Gasteiger partial charge in [0.1, 0.15) is 5.03 Å². The van der Waals surface area contributed by atoms with Gasteiger partial charge in [-0.15, -0.1) is 5.10 Å². The lowest BCUT2D eigenvalue weighted by molar-refractivity contribution is 0.764. The third-order valence-corrected chi connectivity index (χ3v) is 3.79. The maximum Gasteiger partial charge on any atom is 0.343 e. The standard InChI is InChI=1S/C8H8BrN5OS/c1-14-7(15)12-13-8(14)16-6-5(9)2-4(10)3-11-6/h2-3H,10H2,1H3,(H,12,15). The van der Waals surface area contributed by atoms with Crippen molar-refractivity contribution in [3.63, 3.8) is 0 Å². The number of halogens is 1. The Morgan fingerprint density at radius 1 is 1.62 bits per heavy atom. The van der Waals surface area contributed by atoms with Crippen LogP contribution in [0.15, 0.2) is 31.7 Å². The minimum absolute atomic E-state index is 0.255. The van der Waals surface area contributed by atoms with Crippen LogP contribution in [0.2, 0.25) is 0 Å². The zero-order valence-electron chi connectivity index (χ0n) is 8.27. The molecule has 84 valence electrons. The molecule has 0 spiro atoms. The van der Waals surface area contributed by atoms with Crippen LogP contribution in [0.4, 0.5) is 5.69 Å². The Balaban J connectivity index is 2.34. The number of nitrogens with zero attached hydrogens (tertiary/aromatic N) is 3. The maximum atomic E-state index is 11.1. The molecule has 0 aliphatic heterocycles. The van der Waals surface area contributed by atoms with Crippen molar-refractivity contribution in [1.82, 2.24) is 19.7 Å². The van der Waals surface area contributed by atoms with E-state index in [4.69, 9.17) is 5.73 Å². The number of anilines is 1. The van der Waals surface area contributed by atoms with Gasteiger partial charge in [0.25, 0.3) is 0 Å². The topological polar surface area (TPSA) is 89.6 Å². The number of aromatic amines is 1. The van der Waals surface area contributed by atoms with Crippen LogP contribution in [0.5, 0.6) is 0 Å². The quantitative estimate of drug-likeness (QED) is 0.864. The largest absolute Gasteiger partial charge is 0.397 e. The Hall–Kier alpha value is -1.28. The van der Waals surface area contributed by atoms with Gasteiger partial charge in [0.15, 0.2) is 5.16 Å². The number of hydrogen-bond acceptors (Lipinski definition) is 5. The normalized spacial score (nSPS) is 10.6. The molecule has 0 bridgehead atoms. The lowest BCUT2D eigenvalue weighted by Gasteiger charge is -2.02. The molecule has 2 rings (SSSR count). The van der Waals surface area contributed by atoms with Crippen LogP contribution in [0, 0.1) is 0 Å². The molecular formula is C8H8BrN5OS. The van der Waals surface area contributed by atoms with Crippen molar-refractivity contribution in [3.8, 4) is 0 Å². The number of nitrogen functional groups attached to an aromatic ring is 1. The SMILES string of the molecule is Cn1c(Sc2ncc(N)cc2Br)n[nH]c1=O. The summed E-state index contributed by atoms with van der Waals surface area (Å²) in [6.45, 7) is 0. The number of H-pyrrole nitrogens is 1. The molecule has 2 aromatic rings. The Morgan fingerprint density at radius 2 is 2.38 bits per heavy atom. The maximum absolute atomic E-state index is 11.1. The van der Waals surface area contributed by atoms with Gasteiger partial charge in [-0.25, -0.2) is 14.9 Å². The number of nitrogens with two attached hydrogens (primary N) is 1. The third-order valence-electron chi connectivity index (χ3n) is 1.86. The molecule has 3 N–H and O–H groups in total. The first-order valence-electron chi connectivity index (χ1n) is 4.28. The fraction of sp³-hybridized carbons (Fsp3) is 0.125. The molecule has 0 amide bonds. The second-order valence-corrected chi connectivity index (χ2v) is 4.84. The zero-order valence-corrected chi connectivity index (χ0v) is 10.7. The number of hydrogen-bond donors (Lipinski definition) is 2. The predicted octanol–water partition coefficient (Wildman–Crippen LogP) is 0.999. The van der Waals surface area contributed by atoms with E-state index in [0.717, 1.165) is 4.47 Å². The van der Waals surface area contributed by atoms with E-state index in [0.29, 0.717) is 15.9 Å². The molecule has 0 aliphatic rings. The van der Waals surface area contributed by atoms with E-state index in [1.807, 2.05) is 0 Å². The molecule has 6 nitrogen and oxygen atoms in total. The van der Waals surface area contributed by atoms with Crippen molar-refractivity contribution >= 4 is 33.4 Å². The summed E-state index contributed by atoms with van der Waals surface area (Å²) in [5, 5.41) is 7.48. The average molecular weight is 302 g/mol. The zero-order chi connectivity index (χ0) is 11.7. The van der Waals surface area contributed by atoms with Crippen molar-refractivity contribution in [3.05, 3.63) is 27.2 Å². The van der Waals surface area contributed by atoms with Crippen molar-refractivity contribution in [1.29, 1.82) is 0 Å². The number of aromatic nitrogens is 4. The number of pyridine rings is 1. The van der Waals surface area contributed by atoms with Gasteiger partial charge in [0.2, 0.25) is 0 Å². The minimum atomic E-state index is -0.255. The van der Waals surface area contributed by atoms with E-state index in [-0.39, 0.29) is 5.69 Å². The second kappa shape index (κ2) is 4.30. The molecule has 0 atom stereocenters. The van der Waals surface area contributed by atoms with Gasteiger partial charge in [-0.2, -0.15) is 0 Å². The lowest BCUT2D eigenvalue weighted by atomic mass is 10.4. The van der Waals surface area contributed by atoms with Crippen LogP contribution in [0.1, 0.15) is 0 Å². The average Bonchev–Trinajstić information content (AvgIpc) is 2.54. The highest BCUT2D eigenvalue weighted by Gasteiger charge is 2.10. The molecule has 0 saturated heterocycles. The molecule has 0 fully saturated rings. The summed E-state index contributed by atoms with van der Waals surface area (Å²) >= 11 is 4.62. The van der Waals surface area contributed by atoms with Crippen LogP contribution >= 0.6 is 27.7 Å². The van der Waals surface area contributed by atoms with E-state index < -0.39 is 0 Å². The Morgan fingerprint density at radius 3 is 2.94 bits per heavy atom. The summed E-state index contributed by atoms with van der Waals surface area (Å²) in [6, 6.07) is 1.75. The van der Waals surface area contributed by atoms with Gasteiger partial charge in [-0.05, 0) is 33.8 Å². The molecular weight excluding hydrogens is 294 g/mol. The van der Waals surface area contributed by atoms with Crippen LogP contribution in [0.25, 0.3) is 0 Å². The van der Waals surface area contributed by atoms with Crippen LogP contribution < -0.4 is 11.4 Å². The highest BCUT2D eigenvalue weighted by molar-refractivity contribution is 9.10. The molecule has 16 heavy (non-hydrogen) atoms. The fourth-order valence-electron chi connectivity index (χ4n) is 1.03. The monoisotopic (exact) mass is 301 g/mol. The van der Waals surface area contributed by atoms with Crippen LogP contribution in [-0.4, -0.2) is 19.7 Å². The molecule has 0 aromatic carbocycles. The molecule has 0 saturated carbocycles. The van der Waals surface area contributed by atoms with Crippen molar-refractivity contribution < 1.29 is 0 Å². The summed E-state index contributed by atoms with van der Waals surface area (Å²) in [5.74, 6) is 0. The van der Waals surface area contributed by atoms with Crippen molar-refractivity contribution in [2.75, 3.05) is 5.73 Å². The van der Waals surface area contributed by atoms with Crippen molar-refractivity contribution in [2.24, 2.45) is 7.05 Å². The van der Waals surface area contributed by atoms with E-state index in [1.165, 1.54) is 16.3 Å². The number of nitrogens with one attached hydrogen (secondary N) is 1. The van der Waals surface area contributed by atoms with E-state index in [1.54, 1.807) is 19.3 Å². The van der Waals surface area contributed by atoms with E-state index >= 15 is 0 Å². The minimum Gasteiger partial charge on any atom is -0.397 e. The van der Waals surface area contributed by atoms with E-state index in [2.05, 4.69) is 31.1 Å². The first-order chi connectivity index (χ1) is 7.58. The van der Waals surface area contributed by atoms with E-state index in [9.17, 15) is 4.79 Å². The smallest absolute Gasteiger partial charge is 0.343 e. The van der Waals surface area contributed by atoms with Gasteiger partial charge < -0.3 is 5.73 Å². The third kappa shape index (κ3) is 2.12. The van der Waals surface area contributed by atoms with Crippen LogP contribution in [0.3, 0.4) is 0 Å². The van der Waals surface area contributed by atoms with Gasteiger partial charge in [0, 0.05) is 7.05 Å². The van der Waals surface area contributed by atoms with Gasteiger partial charge >= 0.3 is 5.69 Å². The highest BCUT2D eigenvalue weighted by atomic mass is 79.9. The van der Waals surface area contributed by atoms with Crippen LogP contribution in [-0.2, 0) is 7.05 Å². The Kier molecular flexibility index (Phi) is 3.01. The summed E-state index contributed by atoms with van der Waals surface area (Å²) in [4.78, 5) is 15.3. The Bertz CT molecular complexity index is 578. The summed E-state index contributed by atoms with van der Waals surface area (Å²) < 4.78 is 2.18. The summed E-state index contributed by atoms with van der Waals surface area (Å²) in [6.07, 6.45) is 1.55.